The summed E-state index contributed by atoms with van der Waals surface area (Å²) in [4.78, 5) is 0. The van der Waals surface area contributed by atoms with E-state index in [9.17, 15) is 10.5 Å². The van der Waals surface area contributed by atoms with E-state index in [1.54, 1.807) is 0 Å². The number of hydrogen-bond donors (Lipinski definition) is 2. The Bertz CT molecular complexity index is 572. The van der Waals surface area contributed by atoms with Gasteiger partial charge >= 0.3 is 0 Å². The Morgan fingerprint density at radius 1 is 1.10 bits per heavy atom. The molecule has 1 rings (SSSR count). The summed E-state index contributed by atoms with van der Waals surface area (Å²) in [6.07, 6.45) is 1.04. The molecule has 0 aromatic heterocycles. The molecule has 0 aliphatic rings. The molecule has 5 heteroatoms. The summed E-state index contributed by atoms with van der Waals surface area (Å²) >= 11 is 0. The minimum atomic E-state index is -0.652. The van der Waals surface area contributed by atoms with Crippen LogP contribution < -0.4 is 5.84 Å². The summed E-state index contributed by atoms with van der Waals surface area (Å²) in [6.45, 7) is 7.71. The molecule has 0 spiro atoms. The normalized spacial score (nSPS) is 11.4. The van der Waals surface area contributed by atoms with Crippen LogP contribution in [0.1, 0.15) is 44.4 Å². The molecule has 0 aliphatic heterocycles. The molecule has 0 heterocycles. The van der Waals surface area contributed by atoms with Gasteiger partial charge in [-0.1, -0.05) is 18.2 Å². The standard InChI is InChI=1S/C16H21N5/c1-15(2,9-17)13-5-12(8-21(20)11-19)6-14(7-13)16(3,4)10-18/h5-7,11,19H,8,20H2,1-4H3. The van der Waals surface area contributed by atoms with Crippen molar-refractivity contribution in [1.82, 2.24) is 5.01 Å². The second-order valence-electron chi connectivity index (χ2n) is 6.19. The van der Waals surface area contributed by atoms with Crippen molar-refractivity contribution in [3.05, 3.63) is 34.9 Å². The number of rotatable bonds is 5. The molecule has 0 unspecified atom stereocenters. The van der Waals surface area contributed by atoms with E-state index in [1.807, 2.05) is 45.9 Å². The van der Waals surface area contributed by atoms with Gasteiger partial charge in [-0.15, -0.1) is 0 Å². The Morgan fingerprint density at radius 3 is 1.86 bits per heavy atom. The zero-order valence-electron chi connectivity index (χ0n) is 12.9. The third-order valence-corrected chi connectivity index (χ3v) is 3.53. The van der Waals surface area contributed by atoms with Crippen LogP contribution in [0.3, 0.4) is 0 Å². The fourth-order valence-corrected chi connectivity index (χ4v) is 1.89. The molecule has 3 N–H and O–H groups in total. The number of nitrogens with two attached hydrogens (primary N) is 1. The number of hydrazine groups is 1. The molecule has 0 aliphatic carbocycles. The maximum absolute atomic E-state index is 9.33. The van der Waals surface area contributed by atoms with Gasteiger partial charge in [-0.25, -0.2) is 5.84 Å². The molecule has 0 fully saturated rings. The SMILES string of the molecule is CC(C)(C#N)c1cc(CN(N)C=N)cc(C(C)(C)C#N)c1. The summed E-state index contributed by atoms with van der Waals surface area (Å²) in [5.74, 6) is 5.65. The third-order valence-electron chi connectivity index (χ3n) is 3.53. The highest BCUT2D eigenvalue weighted by Crippen LogP contribution is 2.30. The molecule has 1 aromatic carbocycles. The maximum Gasteiger partial charge on any atom is 0.0961 e. The topological polar surface area (TPSA) is 101 Å². The van der Waals surface area contributed by atoms with Gasteiger partial charge in [0.1, 0.15) is 0 Å². The number of nitrogens with one attached hydrogen (secondary N) is 1. The summed E-state index contributed by atoms with van der Waals surface area (Å²) in [6, 6.07) is 10.3. The van der Waals surface area contributed by atoms with Crippen LogP contribution in [-0.2, 0) is 17.4 Å². The highest BCUT2D eigenvalue weighted by atomic mass is 15.4. The Balaban J connectivity index is 3.45. The molecule has 0 amide bonds. The first kappa shape index (κ1) is 16.7. The van der Waals surface area contributed by atoms with Gasteiger partial charge in [0.25, 0.3) is 0 Å². The van der Waals surface area contributed by atoms with Gasteiger partial charge in [-0.05, 0) is 44.4 Å². The van der Waals surface area contributed by atoms with Gasteiger partial charge in [-0.3, -0.25) is 10.4 Å². The minimum absolute atomic E-state index is 0.355. The molecule has 110 valence electrons. The average molecular weight is 283 g/mol. The number of benzene rings is 1. The summed E-state index contributed by atoms with van der Waals surface area (Å²) in [5.41, 5.74) is 1.26. The lowest BCUT2D eigenvalue weighted by Gasteiger charge is -2.24. The fraction of sp³-hybridized carbons (Fsp3) is 0.438. The lowest BCUT2D eigenvalue weighted by atomic mass is 9.79. The van der Waals surface area contributed by atoms with Gasteiger partial charge in [0, 0.05) is 0 Å². The largest absolute Gasteiger partial charge is 0.297 e. The van der Waals surface area contributed by atoms with Crippen LogP contribution in [0.15, 0.2) is 18.2 Å². The second kappa shape index (κ2) is 5.95. The molecule has 5 nitrogen and oxygen atoms in total. The van der Waals surface area contributed by atoms with Crippen molar-refractivity contribution in [1.29, 1.82) is 15.9 Å². The zero-order valence-corrected chi connectivity index (χ0v) is 12.9. The highest BCUT2D eigenvalue weighted by Gasteiger charge is 2.26. The Morgan fingerprint density at radius 2 is 1.52 bits per heavy atom. The van der Waals surface area contributed by atoms with E-state index < -0.39 is 10.8 Å². The Labute approximate surface area is 126 Å². The highest BCUT2D eigenvalue weighted by molar-refractivity contribution is 5.50. The molecule has 0 saturated heterocycles. The number of nitriles is 2. The predicted molar refractivity (Wildman–Crippen MR) is 82.2 cm³/mol. The van der Waals surface area contributed by atoms with Crippen molar-refractivity contribution in [3.63, 3.8) is 0 Å². The average Bonchev–Trinajstić information content (AvgIpc) is 2.46. The summed E-state index contributed by atoms with van der Waals surface area (Å²) in [5, 5.41) is 27.1. The monoisotopic (exact) mass is 283 g/mol. The fourth-order valence-electron chi connectivity index (χ4n) is 1.89. The van der Waals surface area contributed by atoms with Crippen LogP contribution in [0.2, 0.25) is 0 Å². The quantitative estimate of drug-likeness (QED) is 0.375. The van der Waals surface area contributed by atoms with Crippen LogP contribution in [0, 0.1) is 28.1 Å². The van der Waals surface area contributed by atoms with Crippen LogP contribution in [0.4, 0.5) is 0 Å². The van der Waals surface area contributed by atoms with E-state index >= 15 is 0 Å². The molecule has 1 aromatic rings. The first-order valence-electron chi connectivity index (χ1n) is 6.65. The van der Waals surface area contributed by atoms with E-state index in [1.165, 1.54) is 5.01 Å². The Kier molecular flexibility index (Phi) is 4.73. The van der Waals surface area contributed by atoms with Crippen LogP contribution in [-0.4, -0.2) is 11.3 Å². The van der Waals surface area contributed by atoms with Crippen molar-refractivity contribution < 1.29 is 0 Å². The zero-order chi connectivity index (χ0) is 16.3. The van der Waals surface area contributed by atoms with Gasteiger partial charge < -0.3 is 0 Å². The van der Waals surface area contributed by atoms with Crippen LogP contribution in [0.5, 0.6) is 0 Å². The summed E-state index contributed by atoms with van der Waals surface area (Å²) in [7, 11) is 0. The molecular weight excluding hydrogens is 262 g/mol. The predicted octanol–water partition coefficient (Wildman–Crippen LogP) is 2.57. The van der Waals surface area contributed by atoms with Gasteiger partial charge in [0.2, 0.25) is 0 Å². The third kappa shape index (κ3) is 3.81. The molecular formula is C16H21N5. The van der Waals surface area contributed by atoms with Crippen LogP contribution in [0.25, 0.3) is 0 Å². The Hall–Kier alpha value is -2.37. The molecule has 21 heavy (non-hydrogen) atoms. The molecule has 0 saturated carbocycles. The van der Waals surface area contributed by atoms with Crippen molar-refractivity contribution in [3.8, 4) is 12.1 Å². The lowest BCUT2D eigenvalue weighted by molar-refractivity contribution is 0.444. The van der Waals surface area contributed by atoms with Gasteiger partial charge in [-0.2, -0.15) is 10.5 Å². The second-order valence-corrected chi connectivity index (χ2v) is 6.19. The van der Waals surface area contributed by atoms with Gasteiger partial charge in [0.15, 0.2) is 0 Å². The molecule has 0 atom stereocenters. The maximum atomic E-state index is 9.33. The smallest absolute Gasteiger partial charge is 0.0961 e. The first-order chi connectivity index (χ1) is 9.66. The van der Waals surface area contributed by atoms with Crippen molar-refractivity contribution >= 4 is 6.34 Å². The van der Waals surface area contributed by atoms with E-state index in [2.05, 4.69) is 12.1 Å². The van der Waals surface area contributed by atoms with E-state index in [4.69, 9.17) is 11.3 Å². The van der Waals surface area contributed by atoms with E-state index in [0.717, 1.165) is 23.0 Å². The van der Waals surface area contributed by atoms with Crippen molar-refractivity contribution in [2.24, 2.45) is 5.84 Å². The summed E-state index contributed by atoms with van der Waals surface area (Å²) < 4.78 is 0. The van der Waals surface area contributed by atoms with E-state index in [-0.39, 0.29) is 0 Å². The minimum Gasteiger partial charge on any atom is -0.297 e. The lowest BCUT2D eigenvalue weighted by Crippen LogP contribution is -2.29. The first-order valence-corrected chi connectivity index (χ1v) is 6.65. The van der Waals surface area contributed by atoms with Crippen molar-refractivity contribution in [2.45, 2.75) is 45.1 Å². The van der Waals surface area contributed by atoms with Crippen LogP contribution >= 0.6 is 0 Å². The number of nitrogens with zero attached hydrogens (tertiary/aromatic N) is 3. The van der Waals surface area contributed by atoms with Crippen molar-refractivity contribution in [2.75, 3.05) is 0 Å². The van der Waals surface area contributed by atoms with E-state index in [0.29, 0.717) is 6.54 Å². The molecule has 0 radical (unpaired) electrons. The number of hydrogen-bond acceptors (Lipinski definition) is 4. The van der Waals surface area contributed by atoms with Gasteiger partial charge in [0.05, 0.1) is 35.9 Å². The molecule has 0 bridgehead atoms.